The molecule has 0 unspecified atom stereocenters. The van der Waals surface area contributed by atoms with E-state index in [9.17, 15) is 0 Å². The van der Waals surface area contributed by atoms with Crippen molar-refractivity contribution in [2.24, 2.45) is 0 Å². The Hall–Kier alpha value is -1.47. The Morgan fingerprint density at radius 1 is 0.938 bits per heavy atom. The topological polar surface area (TPSA) is 0 Å². The lowest BCUT2D eigenvalue weighted by Gasteiger charge is -2.05. The number of hydrogen-bond donors (Lipinski definition) is 0. The van der Waals surface area contributed by atoms with Crippen LogP contribution in [0.3, 0.4) is 0 Å². The number of benzene rings is 2. The highest BCUT2D eigenvalue weighted by Crippen LogP contribution is 2.13. The zero-order valence-electron chi connectivity index (χ0n) is 9.31. The van der Waals surface area contributed by atoms with E-state index in [4.69, 9.17) is 12.2 Å². The van der Waals surface area contributed by atoms with Crippen LogP contribution in [0.4, 0.5) is 0 Å². The third-order valence-corrected chi connectivity index (χ3v) is 3.10. The van der Waals surface area contributed by atoms with Gasteiger partial charge in [0, 0.05) is 0 Å². The summed E-state index contributed by atoms with van der Waals surface area (Å²) in [4.78, 5) is 0.927. The van der Waals surface area contributed by atoms with Crippen molar-refractivity contribution < 1.29 is 0 Å². The van der Waals surface area contributed by atoms with Crippen LogP contribution in [0.5, 0.6) is 0 Å². The largest absolute Gasteiger partial charge is 0.0788 e. The van der Waals surface area contributed by atoms with Crippen LogP contribution in [0.2, 0.25) is 0 Å². The summed E-state index contributed by atoms with van der Waals surface area (Å²) in [6.45, 7) is 2.16. The zero-order chi connectivity index (χ0) is 11.4. The molecule has 2 rings (SSSR count). The van der Waals surface area contributed by atoms with E-state index in [1.807, 2.05) is 18.2 Å². The first-order valence-corrected chi connectivity index (χ1v) is 5.91. The molecule has 0 saturated heterocycles. The Morgan fingerprint density at radius 2 is 1.62 bits per heavy atom. The fraction of sp³-hybridized carbons (Fsp3) is 0.133. The van der Waals surface area contributed by atoms with Gasteiger partial charge in [0.1, 0.15) is 0 Å². The van der Waals surface area contributed by atoms with Crippen LogP contribution in [0.15, 0.2) is 54.6 Å². The van der Waals surface area contributed by atoms with E-state index in [2.05, 4.69) is 43.3 Å². The van der Waals surface area contributed by atoms with Gasteiger partial charge in [0.15, 0.2) is 0 Å². The van der Waals surface area contributed by atoms with E-state index in [-0.39, 0.29) is 0 Å². The molecular formula is C15H14S. The summed E-state index contributed by atoms with van der Waals surface area (Å²) >= 11 is 5.49. The molecular weight excluding hydrogens is 212 g/mol. The third-order valence-electron chi connectivity index (χ3n) is 2.63. The Labute approximate surface area is 102 Å². The summed E-state index contributed by atoms with van der Waals surface area (Å²) in [6, 6.07) is 18.6. The van der Waals surface area contributed by atoms with Crippen LogP contribution in [0, 0.1) is 0 Å². The maximum atomic E-state index is 5.49. The van der Waals surface area contributed by atoms with Crippen LogP contribution in [-0.4, -0.2) is 4.86 Å². The monoisotopic (exact) mass is 226 g/mol. The molecule has 0 aliphatic heterocycles. The van der Waals surface area contributed by atoms with Gasteiger partial charge in [-0.15, -0.1) is 0 Å². The lowest BCUT2D eigenvalue weighted by Crippen LogP contribution is -1.99. The molecule has 0 bridgehead atoms. The Morgan fingerprint density at radius 3 is 2.31 bits per heavy atom. The minimum Gasteiger partial charge on any atom is -0.0788 e. The summed E-state index contributed by atoms with van der Waals surface area (Å²) < 4.78 is 0. The first-order valence-electron chi connectivity index (χ1n) is 5.50. The smallest absolute Gasteiger partial charge is 0.0521 e. The predicted molar refractivity (Wildman–Crippen MR) is 73.1 cm³/mol. The Kier molecular flexibility index (Phi) is 3.47. The van der Waals surface area contributed by atoms with E-state index in [0.29, 0.717) is 0 Å². The zero-order valence-corrected chi connectivity index (χ0v) is 10.1. The molecule has 2 aromatic rings. The molecule has 1 heteroatoms. The molecule has 0 atom stereocenters. The van der Waals surface area contributed by atoms with Gasteiger partial charge in [-0.2, -0.15) is 0 Å². The van der Waals surface area contributed by atoms with Crippen LogP contribution in [0.1, 0.15) is 23.6 Å². The summed E-state index contributed by atoms with van der Waals surface area (Å²) in [5.41, 5.74) is 3.59. The first-order chi connectivity index (χ1) is 7.81. The van der Waals surface area contributed by atoms with Crippen molar-refractivity contribution in [1.29, 1.82) is 0 Å². The minimum absolute atomic E-state index is 0.927. The summed E-state index contributed by atoms with van der Waals surface area (Å²) in [5, 5.41) is 0. The molecule has 0 aliphatic carbocycles. The molecule has 0 radical (unpaired) electrons. The van der Waals surface area contributed by atoms with Gasteiger partial charge in [-0.05, 0) is 23.1 Å². The van der Waals surface area contributed by atoms with Crippen molar-refractivity contribution in [2.75, 3.05) is 0 Å². The standard InChI is InChI=1S/C15H14S/c1-2-12-7-6-10-14(11-12)15(16)13-8-4-3-5-9-13/h3-11H,2H2,1H3. The number of thiocarbonyl (C=S) groups is 1. The molecule has 16 heavy (non-hydrogen) atoms. The van der Waals surface area contributed by atoms with Crippen molar-refractivity contribution in [3.05, 3.63) is 71.3 Å². The van der Waals surface area contributed by atoms with E-state index in [1.165, 1.54) is 5.56 Å². The van der Waals surface area contributed by atoms with Gasteiger partial charge in [-0.1, -0.05) is 73.7 Å². The van der Waals surface area contributed by atoms with Gasteiger partial charge in [0.05, 0.1) is 4.86 Å². The van der Waals surface area contributed by atoms with E-state index >= 15 is 0 Å². The molecule has 0 nitrogen and oxygen atoms in total. The van der Waals surface area contributed by atoms with E-state index < -0.39 is 0 Å². The molecule has 0 saturated carbocycles. The van der Waals surface area contributed by atoms with E-state index in [0.717, 1.165) is 22.4 Å². The van der Waals surface area contributed by atoms with Gasteiger partial charge in [0.25, 0.3) is 0 Å². The van der Waals surface area contributed by atoms with Crippen molar-refractivity contribution >= 4 is 17.1 Å². The first kappa shape index (κ1) is 11.0. The molecule has 0 spiro atoms. The summed E-state index contributed by atoms with van der Waals surface area (Å²) in [6.07, 6.45) is 1.05. The lowest BCUT2D eigenvalue weighted by atomic mass is 10.0. The van der Waals surface area contributed by atoms with Crippen LogP contribution < -0.4 is 0 Å². The highest BCUT2D eigenvalue weighted by Gasteiger charge is 2.03. The van der Waals surface area contributed by atoms with Crippen molar-refractivity contribution in [3.63, 3.8) is 0 Å². The average molecular weight is 226 g/mol. The average Bonchev–Trinajstić information content (AvgIpc) is 2.39. The number of aryl methyl sites for hydroxylation is 1. The highest BCUT2D eigenvalue weighted by atomic mass is 32.1. The maximum Gasteiger partial charge on any atom is 0.0521 e. The summed E-state index contributed by atoms with van der Waals surface area (Å²) in [7, 11) is 0. The van der Waals surface area contributed by atoms with Crippen molar-refractivity contribution in [1.82, 2.24) is 0 Å². The maximum absolute atomic E-state index is 5.49. The molecule has 0 N–H and O–H groups in total. The van der Waals surface area contributed by atoms with Gasteiger partial charge < -0.3 is 0 Å². The molecule has 2 aromatic carbocycles. The van der Waals surface area contributed by atoms with Gasteiger partial charge in [-0.25, -0.2) is 0 Å². The van der Waals surface area contributed by atoms with Crippen LogP contribution in [0.25, 0.3) is 0 Å². The molecule has 0 aliphatic rings. The minimum atomic E-state index is 0.927. The normalized spacial score (nSPS) is 10.1. The third kappa shape index (κ3) is 2.37. The predicted octanol–water partition coefficient (Wildman–Crippen LogP) is 4.02. The second-order valence-electron chi connectivity index (χ2n) is 3.75. The van der Waals surface area contributed by atoms with Gasteiger partial charge in [-0.3, -0.25) is 0 Å². The second kappa shape index (κ2) is 5.04. The quantitative estimate of drug-likeness (QED) is 0.563. The number of rotatable bonds is 3. The van der Waals surface area contributed by atoms with E-state index in [1.54, 1.807) is 0 Å². The SMILES string of the molecule is CCc1cccc(C(=S)c2ccccc2)c1. The second-order valence-corrected chi connectivity index (χ2v) is 4.16. The highest BCUT2D eigenvalue weighted by molar-refractivity contribution is 7.81. The fourth-order valence-corrected chi connectivity index (χ4v) is 1.95. The van der Waals surface area contributed by atoms with Gasteiger partial charge >= 0.3 is 0 Å². The van der Waals surface area contributed by atoms with Gasteiger partial charge in [0.2, 0.25) is 0 Å². The molecule has 0 amide bonds. The molecule has 80 valence electrons. The molecule has 0 aromatic heterocycles. The van der Waals surface area contributed by atoms with Crippen LogP contribution >= 0.6 is 12.2 Å². The number of hydrogen-bond acceptors (Lipinski definition) is 1. The van der Waals surface area contributed by atoms with Crippen LogP contribution in [-0.2, 0) is 6.42 Å². The van der Waals surface area contributed by atoms with Crippen molar-refractivity contribution in [3.8, 4) is 0 Å². The molecule has 0 heterocycles. The Balaban J connectivity index is 2.34. The fourth-order valence-electron chi connectivity index (χ4n) is 1.69. The Bertz CT molecular complexity index is 486. The van der Waals surface area contributed by atoms with Crippen molar-refractivity contribution in [2.45, 2.75) is 13.3 Å². The summed E-state index contributed by atoms with van der Waals surface area (Å²) in [5.74, 6) is 0. The lowest BCUT2D eigenvalue weighted by molar-refractivity contribution is 1.14. The molecule has 0 fully saturated rings.